The van der Waals surface area contributed by atoms with Crippen LogP contribution >= 0.6 is 0 Å². The Balaban J connectivity index is 2.47. The third-order valence-corrected chi connectivity index (χ3v) is 2.70. The van der Waals surface area contributed by atoms with Crippen molar-refractivity contribution < 1.29 is 9.13 Å². The van der Waals surface area contributed by atoms with E-state index in [4.69, 9.17) is 10.5 Å². The van der Waals surface area contributed by atoms with Gasteiger partial charge in [-0.15, -0.1) is 0 Å². The van der Waals surface area contributed by atoms with Gasteiger partial charge in [-0.3, -0.25) is 0 Å². The molecule has 0 heterocycles. The number of benzene rings is 2. The monoisotopic (exact) mass is 231 g/mol. The highest BCUT2D eigenvalue weighted by Crippen LogP contribution is 2.30. The minimum absolute atomic E-state index is 0.347. The topological polar surface area (TPSA) is 35.2 Å². The Hall–Kier alpha value is -1.87. The largest absolute Gasteiger partial charge is 0.496 e. The van der Waals surface area contributed by atoms with Crippen molar-refractivity contribution in [3.05, 3.63) is 65.5 Å². The highest BCUT2D eigenvalue weighted by Gasteiger charge is 2.18. The number of halogens is 1. The van der Waals surface area contributed by atoms with Gasteiger partial charge in [0.1, 0.15) is 11.6 Å². The van der Waals surface area contributed by atoms with Crippen LogP contribution in [0.1, 0.15) is 17.2 Å². The van der Waals surface area contributed by atoms with Gasteiger partial charge in [-0.05, 0) is 17.7 Å². The predicted molar refractivity (Wildman–Crippen MR) is 65.4 cm³/mol. The summed E-state index contributed by atoms with van der Waals surface area (Å²) in [6.07, 6.45) is 0. The molecule has 1 atom stereocenters. The summed E-state index contributed by atoms with van der Waals surface area (Å²) in [6.45, 7) is 0. The molecule has 88 valence electrons. The summed E-state index contributed by atoms with van der Waals surface area (Å²) in [5.74, 6) is 0.127. The smallest absolute Gasteiger partial charge is 0.132 e. The second-order valence-electron chi connectivity index (χ2n) is 3.74. The van der Waals surface area contributed by atoms with E-state index in [2.05, 4.69) is 0 Å². The van der Waals surface area contributed by atoms with Gasteiger partial charge in [-0.2, -0.15) is 0 Å². The van der Waals surface area contributed by atoms with E-state index < -0.39 is 6.04 Å². The minimum atomic E-state index is -0.521. The SMILES string of the molecule is COc1cccc(F)c1C(N)c1ccccc1. The lowest BCUT2D eigenvalue weighted by atomic mass is 9.98. The lowest BCUT2D eigenvalue weighted by Crippen LogP contribution is -2.14. The molecular weight excluding hydrogens is 217 g/mol. The van der Waals surface area contributed by atoms with Crippen LogP contribution in [0.2, 0.25) is 0 Å². The van der Waals surface area contributed by atoms with Crippen LogP contribution < -0.4 is 10.5 Å². The van der Waals surface area contributed by atoms with Crippen LogP contribution in [0.5, 0.6) is 5.75 Å². The molecule has 2 N–H and O–H groups in total. The van der Waals surface area contributed by atoms with Crippen LogP contribution in [0, 0.1) is 5.82 Å². The molecular formula is C14H14FNO. The number of methoxy groups -OCH3 is 1. The normalized spacial score (nSPS) is 12.2. The van der Waals surface area contributed by atoms with Crippen molar-refractivity contribution in [3.63, 3.8) is 0 Å². The summed E-state index contributed by atoms with van der Waals surface area (Å²) in [7, 11) is 1.51. The molecule has 2 aromatic rings. The third kappa shape index (κ3) is 2.29. The molecule has 0 saturated heterocycles. The quantitative estimate of drug-likeness (QED) is 0.881. The fourth-order valence-electron chi connectivity index (χ4n) is 1.82. The average Bonchev–Trinajstić information content (AvgIpc) is 2.38. The van der Waals surface area contributed by atoms with Gasteiger partial charge in [-0.1, -0.05) is 36.4 Å². The van der Waals surface area contributed by atoms with Crippen LogP contribution in [0.15, 0.2) is 48.5 Å². The van der Waals surface area contributed by atoms with Gasteiger partial charge < -0.3 is 10.5 Å². The molecule has 0 aliphatic rings. The summed E-state index contributed by atoms with van der Waals surface area (Å²) in [6, 6.07) is 13.6. The number of nitrogens with two attached hydrogens (primary N) is 1. The first-order valence-electron chi connectivity index (χ1n) is 5.37. The van der Waals surface area contributed by atoms with Gasteiger partial charge in [-0.25, -0.2) is 4.39 Å². The van der Waals surface area contributed by atoms with Gasteiger partial charge in [0.25, 0.3) is 0 Å². The van der Waals surface area contributed by atoms with E-state index in [-0.39, 0.29) is 5.82 Å². The number of rotatable bonds is 3. The lowest BCUT2D eigenvalue weighted by Gasteiger charge is -2.16. The molecule has 2 nitrogen and oxygen atoms in total. The van der Waals surface area contributed by atoms with Crippen LogP contribution in [0.4, 0.5) is 4.39 Å². The van der Waals surface area contributed by atoms with Crippen molar-refractivity contribution >= 4 is 0 Å². The second kappa shape index (κ2) is 4.97. The molecule has 0 aliphatic heterocycles. The zero-order valence-electron chi connectivity index (χ0n) is 9.56. The summed E-state index contributed by atoms with van der Waals surface area (Å²) in [5.41, 5.74) is 7.32. The van der Waals surface area contributed by atoms with E-state index in [0.29, 0.717) is 11.3 Å². The fourth-order valence-corrected chi connectivity index (χ4v) is 1.82. The number of ether oxygens (including phenoxy) is 1. The molecule has 0 fully saturated rings. The summed E-state index contributed by atoms with van der Waals surface area (Å²) < 4.78 is 19.0. The maximum atomic E-state index is 13.8. The summed E-state index contributed by atoms with van der Waals surface area (Å²) in [5, 5.41) is 0. The van der Waals surface area contributed by atoms with Crippen LogP contribution in [-0.4, -0.2) is 7.11 Å². The van der Waals surface area contributed by atoms with Crippen molar-refractivity contribution in [1.29, 1.82) is 0 Å². The average molecular weight is 231 g/mol. The predicted octanol–water partition coefficient (Wildman–Crippen LogP) is 2.88. The molecule has 0 radical (unpaired) electrons. The fraction of sp³-hybridized carbons (Fsp3) is 0.143. The van der Waals surface area contributed by atoms with Crippen LogP contribution in [0.25, 0.3) is 0 Å². The zero-order chi connectivity index (χ0) is 12.3. The second-order valence-corrected chi connectivity index (χ2v) is 3.74. The third-order valence-electron chi connectivity index (χ3n) is 2.70. The molecule has 0 bridgehead atoms. The maximum absolute atomic E-state index is 13.8. The molecule has 0 saturated carbocycles. The van der Waals surface area contributed by atoms with Gasteiger partial charge >= 0.3 is 0 Å². The Kier molecular flexibility index (Phi) is 3.40. The molecule has 2 rings (SSSR count). The molecule has 2 aromatic carbocycles. The molecule has 17 heavy (non-hydrogen) atoms. The molecule has 1 unspecified atom stereocenters. The Morgan fingerprint density at radius 1 is 1.06 bits per heavy atom. The molecule has 0 spiro atoms. The van der Waals surface area contributed by atoms with Crippen LogP contribution in [-0.2, 0) is 0 Å². The standard InChI is InChI=1S/C14H14FNO/c1-17-12-9-5-8-11(15)13(12)14(16)10-6-3-2-4-7-10/h2-9,14H,16H2,1H3. The van der Waals surface area contributed by atoms with Gasteiger partial charge in [0.15, 0.2) is 0 Å². The first kappa shape index (κ1) is 11.6. The first-order valence-corrected chi connectivity index (χ1v) is 5.37. The Labute approximate surface area is 99.8 Å². The van der Waals surface area contributed by atoms with E-state index in [1.165, 1.54) is 13.2 Å². The van der Waals surface area contributed by atoms with Crippen molar-refractivity contribution in [2.45, 2.75) is 6.04 Å². The Bertz CT molecular complexity index is 499. The molecule has 0 amide bonds. The first-order chi connectivity index (χ1) is 8.24. The summed E-state index contributed by atoms with van der Waals surface area (Å²) in [4.78, 5) is 0. The van der Waals surface area contributed by atoms with Crippen LogP contribution in [0.3, 0.4) is 0 Å². The van der Waals surface area contributed by atoms with Gasteiger partial charge in [0, 0.05) is 0 Å². The highest BCUT2D eigenvalue weighted by molar-refractivity contribution is 5.42. The van der Waals surface area contributed by atoms with E-state index in [1.54, 1.807) is 12.1 Å². The van der Waals surface area contributed by atoms with Crippen molar-refractivity contribution in [3.8, 4) is 5.75 Å². The summed E-state index contributed by atoms with van der Waals surface area (Å²) >= 11 is 0. The molecule has 0 aliphatic carbocycles. The minimum Gasteiger partial charge on any atom is -0.496 e. The van der Waals surface area contributed by atoms with Crippen molar-refractivity contribution in [2.75, 3.05) is 7.11 Å². The highest BCUT2D eigenvalue weighted by atomic mass is 19.1. The van der Waals surface area contributed by atoms with Gasteiger partial charge in [0.05, 0.1) is 18.7 Å². The van der Waals surface area contributed by atoms with Gasteiger partial charge in [0.2, 0.25) is 0 Å². The zero-order valence-corrected chi connectivity index (χ0v) is 9.56. The van der Waals surface area contributed by atoms with Crippen molar-refractivity contribution in [2.24, 2.45) is 5.73 Å². The molecule has 3 heteroatoms. The Morgan fingerprint density at radius 2 is 1.76 bits per heavy atom. The molecule has 0 aromatic heterocycles. The van der Waals surface area contributed by atoms with E-state index >= 15 is 0 Å². The lowest BCUT2D eigenvalue weighted by molar-refractivity contribution is 0.402. The van der Waals surface area contributed by atoms with E-state index in [9.17, 15) is 4.39 Å². The number of hydrogen-bond acceptors (Lipinski definition) is 2. The van der Waals surface area contributed by atoms with Crippen molar-refractivity contribution in [1.82, 2.24) is 0 Å². The maximum Gasteiger partial charge on any atom is 0.132 e. The van der Waals surface area contributed by atoms with E-state index in [1.807, 2.05) is 30.3 Å². The number of hydrogen-bond donors (Lipinski definition) is 1. The Morgan fingerprint density at radius 3 is 2.41 bits per heavy atom. The van der Waals surface area contributed by atoms with E-state index in [0.717, 1.165) is 5.56 Å².